The summed E-state index contributed by atoms with van der Waals surface area (Å²) in [6.07, 6.45) is 1.53. The Balaban J connectivity index is 2.61. The zero-order valence-electron chi connectivity index (χ0n) is 14.7. The van der Waals surface area contributed by atoms with E-state index in [1.54, 1.807) is 31.3 Å². The molecule has 0 fully saturated rings. The van der Waals surface area contributed by atoms with Crippen LogP contribution in [0.3, 0.4) is 0 Å². The molecule has 0 radical (unpaired) electrons. The van der Waals surface area contributed by atoms with Crippen LogP contribution in [0.2, 0.25) is 0 Å². The summed E-state index contributed by atoms with van der Waals surface area (Å²) in [5.74, 6) is 1.17. The van der Waals surface area contributed by atoms with Crippen molar-refractivity contribution in [1.29, 1.82) is 0 Å². The number of rotatable bonds is 8. The molecule has 23 heavy (non-hydrogen) atoms. The summed E-state index contributed by atoms with van der Waals surface area (Å²) in [6, 6.07) is 5.64. The molecule has 0 heterocycles. The molecule has 1 amide bonds. The average Bonchev–Trinajstić information content (AvgIpc) is 2.50. The zero-order valence-corrected chi connectivity index (χ0v) is 14.7. The third-order valence-electron chi connectivity index (χ3n) is 3.27. The lowest BCUT2D eigenvalue weighted by molar-refractivity contribution is -0.139. The lowest BCUT2D eigenvalue weighted by Crippen LogP contribution is -2.43. The predicted octanol–water partition coefficient (Wildman–Crippen LogP) is 2.70. The SMILES string of the molecule is COc1ccc(/C=N\OCC(=O)N(C(C)C)C(C)C)cc1OC. The van der Waals surface area contributed by atoms with E-state index in [4.69, 9.17) is 14.3 Å². The first-order valence-corrected chi connectivity index (χ1v) is 7.59. The van der Waals surface area contributed by atoms with Crippen molar-refractivity contribution >= 4 is 12.1 Å². The Labute approximate surface area is 138 Å². The molecule has 0 spiro atoms. The van der Waals surface area contributed by atoms with E-state index in [1.807, 2.05) is 33.8 Å². The van der Waals surface area contributed by atoms with E-state index in [2.05, 4.69) is 5.16 Å². The number of methoxy groups -OCH3 is 2. The molecule has 0 aliphatic heterocycles. The predicted molar refractivity (Wildman–Crippen MR) is 90.2 cm³/mol. The Morgan fingerprint density at radius 3 is 2.26 bits per heavy atom. The van der Waals surface area contributed by atoms with Crippen molar-refractivity contribution in [3.05, 3.63) is 23.8 Å². The number of carbonyl (C=O) groups is 1. The number of nitrogens with zero attached hydrogens (tertiary/aromatic N) is 2. The van der Waals surface area contributed by atoms with Gasteiger partial charge < -0.3 is 19.2 Å². The monoisotopic (exact) mass is 322 g/mol. The van der Waals surface area contributed by atoms with E-state index >= 15 is 0 Å². The van der Waals surface area contributed by atoms with E-state index in [9.17, 15) is 4.79 Å². The van der Waals surface area contributed by atoms with Crippen LogP contribution in [0.1, 0.15) is 33.3 Å². The molecule has 1 aromatic rings. The summed E-state index contributed by atoms with van der Waals surface area (Å²) in [4.78, 5) is 19.0. The summed E-state index contributed by atoms with van der Waals surface area (Å²) >= 11 is 0. The van der Waals surface area contributed by atoms with Crippen molar-refractivity contribution in [2.75, 3.05) is 20.8 Å². The summed E-state index contributed by atoms with van der Waals surface area (Å²) in [7, 11) is 3.15. The molecular formula is C17H26N2O4. The molecule has 0 N–H and O–H groups in total. The second-order valence-corrected chi connectivity index (χ2v) is 5.61. The molecule has 0 bridgehead atoms. The highest BCUT2D eigenvalue weighted by molar-refractivity contribution is 5.81. The van der Waals surface area contributed by atoms with Gasteiger partial charge in [0.25, 0.3) is 5.91 Å². The molecule has 0 aliphatic rings. The van der Waals surface area contributed by atoms with Crippen molar-refractivity contribution in [1.82, 2.24) is 4.90 Å². The highest BCUT2D eigenvalue weighted by Gasteiger charge is 2.20. The van der Waals surface area contributed by atoms with Crippen LogP contribution in [0, 0.1) is 0 Å². The Morgan fingerprint density at radius 1 is 1.13 bits per heavy atom. The topological polar surface area (TPSA) is 60.4 Å². The fourth-order valence-corrected chi connectivity index (χ4v) is 2.37. The second-order valence-electron chi connectivity index (χ2n) is 5.61. The quantitative estimate of drug-likeness (QED) is 0.545. The van der Waals surface area contributed by atoms with E-state index in [0.29, 0.717) is 11.5 Å². The number of benzene rings is 1. The number of ether oxygens (including phenoxy) is 2. The van der Waals surface area contributed by atoms with Crippen LogP contribution in [0.5, 0.6) is 11.5 Å². The Hall–Kier alpha value is -2.24. The molecule has 0 atom stereocenters. The number of hydrogen-bond acceptors (Lipinski definition) is 5. The summed E-state index contributed by atoms with van der Waals surface area (Å²) in [5.41, 5.74) is 0.791. The van der Waals surface area contributed by atoms with Gasteiger partial charge in [0.1, 0.15) is 0 Å². The van der Waals surface area contributed by atoms with Crippen LogP contribution >= 0.6 is 0 Å². The van der Waals surface area contributed by atoms with Gasteiger partial charge in [-0.15, -0.1) is 0 Å². The van der Waals surface area contributed by atoms with Gasteiger partial charge in [-0.1, -0.05) is 5.16 Å². The molecule has 0 unspecified atom stereocenters. The average molecular weight is 322 g/mol. The minimum atomic E-state index is -0.0838. The fourth-order valence-electron chi connectivity index (χ4n) is 2.37. The lowest BCUT2D eigenvalue weighted by Gasteiger charge is -2.30. The van der Waals surface area contributed by atoms with Gasteiger partial charge in [0.2, 0.25) is 0 Å². The first kappa shape index (κ1) is 18.8. The van der Waals surface area contributed by atoms with Gasteiger partial charge in [0, 0.05) is 17.6 Å². The normalized spacial score (nSPS) is 11.1. The maximum absolute atomic E-state index is 12.1. The summed E-state index contributed by atoms with van der Waals surface area (Å²) in [6.45, 7) is 7.82. The third-order valence-corrected chi connectivity index (χ3v) is 3.27. The molecular weight excluding hydrogens is 296 g/mol. The van der Waals surface area contributed by atoms with Crippen LogP contribution in [0.4, 0.5) is 0 Å². The van der Waals surface area contributed by atoms with Gasteiger partial charge in [-0.3, -0.25) is 4.79 Å². The molecule has 128 valence electrons. The third kappa shape index (κ3) is 5.47. The smallest absolute Gasteiger partial charge is 0.263 e. The molecule has 6 heteroatoms. The highest BCUT2D eigenvalue weighted by atomic mass is 16.6. The number of oxime groups is 1. The van der Waals surface area contributed by atoms with Gasteiger partial charge in [0.05, 0.1) is 20.4 Å². The molecule has 6 nitrogen and oxygen atoms in total. The van der Waals surface area contributed by atoms with E-state index in [0.717, 1.165) is 5.56 Å². The molecule has 0 saturated heterocycles. The van der Waals surface area contributed by atoms with Crippen molar-refractivity contribution in [3.63, 3.8) is 0 Å². The highest BCUT2D eigenvalue weighted by Crippen LogP contribution is 2.26. The molecule has 0 aromatic heterocycles. The van der Waals surface area contributed by atoms with Crippen molar-refractivity contribution in [2.45, 2.75) is 39.8 Å². The molecule has 0 saturated carbocycles. The molecule has 1 aromatic carbocycles. The van der Waals surface area contributed by atoms with Crippen LogP contribution in [0.25, 0.3) is 0 Å². The van der Waals surface area contributed by atoms with E-state index in [-0.39, 0.29) is 24.6 Å². The van der Waals surface area contributed by atoms with Crippen LogP contribution in [-0.2, 0) is 9.63 Å². The first-order valence-electron chi connectivity index (χ1n) is 7.59. The van der Waals surface area contributed by atoms with Gasteiger partial charge in [0.15, 0.2) is 18.1 Å². The van der Waals surface area contributed by atoms with Crippen LogP contribution < -0.4 is 9.47 Å². The van der Waals surface area contributed by atoms with Gasteiger partial charge in [-0.2, -0.15) is 0 Å². The van der Waals surface area contributed by atoms with Crippen LogP contribution in [-0.4, -0.2) is 49.9 Å². The molecule has 1 rings (SSSR count). The summed E-state index contributed by atoms with van der Waals surface area (Å²) in [5, 5.41) is 3.84. The number of hydrogen-bond donors (Lipinski definition) is 0. The van der Waals surface area contributed by atoms with Crippen LogP contribution in [0.15, 0.2) is 23.4 Å². The minimum Gasteiger partial charge on any atom is -0.493 e. The van der Waals surface area contributed by atoms with Crippen molar-refractivity contribution in [3.8, 4) is 11.5 Å². The Kier molecular flexibility index (Phi) is 7.38. The van der Waals surface area contributed by atoms with Gasteiger partial charge in [-0.05, 0) is 45.9 Å². The van der Waals surface area contributed by atoms with E-state index < -0.39 is 0 Å². The lowest BCUT2D eigenvalue weighted by atomic mass is 10.2. The largest absolute Gasteiger partial charge is 0.493 e. The number of amides is 1. The van der Waals surface area contributed by atoms with Gasteiger partial charge >= 0.3 is 0 Å². The van der Waals surface area contributed by atoms with Gasteiger partial charge in [-0.25, -0.2) is 0 Å². The Bertz CT molecular complexity index is 533. The maximum atomic E-state index is 12.1. The fraction of sp³-hybridized carbons (Fsp3) is 0.529. The van der Waals surface area contributed by atoms with E-state index in [1.165, 1.54) is 6.21 Å². The summed E-state index contributed by atoms with van der Waals surface area (Å²) < 4.78 is 10.4. The number of carbonyl (C=O) groups excluding carboxylic acids is 1. The standard InChI is InChI=1S/C17H26N2O4/c1-12(2)19(13(3)4)17(20)11-23-18-10-14-7-8-15(21-5)16(9-14)22-6/h7-10,12-13H,11H2,1-6H3/b18-10-. The van der Waals surface area contributed by atoms with Crippen molar-refractivity contribution in [2.24, 2.45) is 5.16 Å². The maximum Gasteiger partial charge on any atom is 0.263 e. The molecule has 0 aliphatic carbocycles. The van der Waals surface area contributed by atoms with Crippen molar-refractivity contribution < 1.29 is 19.1 Å². The minimum absolute atomic E-state index is 0.0832. The Morgan fingerprint density at radius 2 is 1.74 bits per heavy atom. The first-order chi connectivity index (χ1) is 10.9. The second kappa shape index (κ2) is 9.02. The zero-order chi connectivity index (χ0) is 17.4.